The lowest BCUT2D eigenvalue weighted by atomic mass is 10.2. The number of hydrogen-bond acceptors (Lipinski definition) is 5. The number of nitrogens with zero attached hydrogens (tertiary/aromatic N) is 3. The molecule has 1 aromatic rings. The van der Waals surface area contributed by atoms with Crippen LogP contribution in [-0.2, 0) is 9.53 Å². The Morgan fingerprint density at radius 2 is 2.14 bits per heavy atom. The molecule has 21 heavy (non-hydrogen) atoms. The Balaban J connectivity index is 1.59. The molecule has 0 bridgehead atoms. The van der Waals surface area contributed by atoms with Crippen LogP contribution >= 0.6 is 0 Å². The second-order valence-corrected chi connectivity index (χ2v) is 5.71. The van der Waals surface area contributed by atoms with E-state index in [1.165, 1.54) is 0 Å². The largest absolute Gasteiger partial charge is 0.383 e. The number of carbonyl (C=O) groups is 1. The van der Waals surface area contributed by atoms with Gasteiger partial charge in [-0.3, -0.25) is 4.79 Å². The average Bonchev–Trinajstić information content (AvgIpc) is 3.04. The van der Waals surface area contributed by atoms with Gasteiger partial charge in [0.1, 0.15) is 11.9 Å². The Morgan fingerprint density at radius 3 is 2.76 bits per heavy atom. The Morgan fingerprint density at radius 1 is 1.38 bits per heavy atom. The molecule has 6 nitrogen and oxygen atoms in total. The lowest BCUT2D eigenvalue weighted by Gasteiger charge is -2.37. The molecular weight excluding hydrogens is 268 g/mol. The van der Waals surface area contributed by atoms with Crippen molar-refractivity contribution in [1.82, 2.24) is 9.88 Å². The lowest BCUT2D eigenvalue weighted by Crippen LogP contribution is -2.51. The van der Waals surface area contributed by atoms with Crippen LogP contribution in [-0.4, -0.2) is 54.7 Å². The van der Waals surface area contributed by atoms with Gasteiger partial charge in [0, 0.05) is 32.8 Å². The van der Waals surface area contributed by atoms with Crippen LogP contribution in [0.4, 0.5) is 11.5 Å². The van der Waals surface area contributed by atoms with Gasteiger partial charge in [-0.15, -0.1) is 0 Å². The van der Waals surface area contributed by atoms with Crippen molar-refractivity contribution in [2.24, 2.45) is 0 Å². The van der Waals surface area contributed by atoms with Crippen LogP contribution in [0.1, 0.15) is 18.4 Å². The zero-order chi connectivity index (χ0) is 14.8. The van der Waals surface area contributed by atoms with Gasteiger partial charge in [0.25, 0.3) is 5.91 Å². The van der Waals surface area contributed by atoms with Crippen molar-refractivity contribution in [1.29, 1.82) is 0 Å². The standard InChI is InChI=1S/C15H22N4O2/c1-11-9-12(10-17-14(11)16)18-4-6-19(7-5-18)15(20)13-3-2-8-21-13/h9-10,13H,2-8H2,1H3,(H2,16,17). The predicted octanol–water partition coefficient (Wildman–Crippen LogP) is 0.800. The molecule has 2 aliphatic heterocycles. The molecule has 2 fully saturated rings. The van der Waals surface area contributed by atoms with Gasteiger partial charge in [0.05, 0.1) is 11.9 Å². The van der Waals surface area contributed by atoms with Crippen LogP contribution in [0.25, 0.3) is 0 Å². The van der Waals surface area contributed by atoms with Crippen molar-refractivity contribution in [2.75, 3.05) is 43.4 Å². The fourth-order valence-electron chi connectivity index (χ4n) is 2.90. The third-order valence-corrected chi connectivity index (χ3v) is 4.27. The van der Waals surface area contributed by atoms with Gasteiger partial charge in [0.2, 0.25) is 0 Å². The fourth-order valence-corrected chi connectivity index (χ4v) is 2.90. The number of piperazine rings is 1. The number of aryl methyl sites for hydroxylation is 1. The summed E-state index contributed by atoms with van der Waals surface area (Å²) in [5, 5.41) is 0. The second kappa shape index (κ2) is 5.89. The molecule has 1 aromatic heterocycles. The Labute approximate surface area is 124 Å². The molecule has 0 saturated carbocycles. The number of nitrogens with two attached hydrogens (primary N) is 1. The molecule has 1 atom stereocenters. The van der Waals surface area contributed by atoms with Crippen molar-refractivity contribution in [3.63, 3.8) is 0 Å². The van der Waals surface area contributed by atoms with Crippen LogP contribution in [0.15, 0.2) is 12.3 Å². The minimum absolute atomic E-state index is 0.152. The summed E-state index contributed by atoms with van der Waals surface area (Å²) < 4.78 is 5.48. The minimum atomic E-state index is -0.211. The monoisotopic (exact) mass is 290 g/mol. The molecule has 3 heterocycles. The van der Waals surface area contributed by atoms with E-state index in [0.717, 1.165) is 50.3 Å². The maximum atomic E-state index is 12.3. The fraction of sp³-hybridized carbons (Fsp3) is 0.600. The number of anilines is 2. The molecule has 0 radical (unpaired) electrons. The molecule has 0 spiro atoms. The molecular formula is C15H22N4O2. The summed E-state index contributed by atoms with van der Waals surface area (Å²) in [6.45, 7) is 5.80. The number of amides is 1. The highest BCUT2D eigenvalue weighted by Gasteiger charge is 2.30. The van der Waals surface area contributed by atoms with E-state index in [1.54, 1.807) is 6.20 Å². The molecule has 3 rings (SSSR count). The topological polar surface area (TPSA) is 71.7 Å². The van der Waals surface area contributed by atoms with Crippen molar-refractivity contribution in [3.05, 3.63) is 17.8 Å². The maximum Gasteiger partial charge on any atom is 0.251 e. The third-order valence-electron chi connectivity index (χ3n) is 4.27. The maximum absolute atomic E-state index is 12.3. The highest BCUT2D eigenvalue weighted by atomic mass is 16.5. The quantitative estimate of drug-likeness (QED) is 0.872. The van der Waals surface area contributed by atoms with E-state index in [9.17, 15) is 4.79 Å². The van der Waals surface area contributed by atoms with Crippen LogP contribution in [0, 0.1) is 6.92 Å². The lowest BCUT2D eigenvalue weighted by molar-refractivity contribution is -0.141. The molecule has 1 amide bonds. The SMILES string of the molecule is Cc1cc(N2CCN(C(=O)C3CCCO3)CC2)cnc1N. The zero-order valence-corrected chi connectivity index (χ0v) is 12.4. The van der Waals surface area contributed by atoms with Crippen molar-refractivity contribution in [3.8, 4) is 0 Å². The number of ether oxygens (including phenoxy) is 1. The van der Waals surface area contributed by atoms with Crippen molar-refractivity contribution < 1.29 is 9.53 Å². The molecule has 2 aliphatic rings. The molecule has 0 aromatic carbocycles. The molecule has 6 heteroatoms. The van der Waals surface area contributed by atoms with Gasteiger partial charge in [-0.05, 0) is 31.4 Å². The van der Waals surface area contributed by atoms with E-state index in [1.807, 2.05) is 11.8 Å². The van der Waals surface area contributed by atoms with Crippen LogP contribution < -0.4 is 10.6 Å². The molecule has 114 valence electrons. The highest BCUT2D eigenvalue weighted by Crippen LogP contribution is 2.21. The van der Waals surface area contributed by atoms with E-state index in [0.29, 0.717) is 12.4 Å². The highest BCUT2D eigenvalue weighted by molar-refractivity contribution is 5.81. The van der Waals surface area contributed by atoms with Gasteiger partial charge in [-0.25, -0.2) is 4.98 Å². The molecule has 2 saturated heterocycles. The van der Waals surface area contributed by atoms with Gasteiger partial charge < -0.3 is 20.3 Å². The summed E-state index contributed by atoms with van der Waals surface area (Å²) in [6, 6.07) is 2.06. The van der Waals surface area contributed by atoms with Gasteiger partial charge in [-0.1, -0.05) is 0 Å². The second-order valence-electron chi connectivity index (χ2n) is 5.71. The van der Waals surface area contributed by atoms with Crippen LogP contribution in [0.3, 0.4) is 0 Å². The summed E-state index contributed by atoms with van der Waals surface area (Å²) >= 11 is 0. The summed E-state index contributed by atoms with van der Waals surface area (Å²) in [4.78, 5) is 20.7. The summed E-state index contributed by atoms with van der Waals surface area (Å²) in [5.41, 5.74) is 7.82. The van der Waals surface area contributed by atoms with E-state index in [2.05, 4.69) is 16.0 Å². The number of carbonyl (C=O) groups excluding carboxylic acids is 1. The first-order chi connectivity index (χ1) is 10.1. The number of pyridine rings is 1. The first-order valence-electron chi connectivity index (χ1n) is 7.52. The van der Waals surface area contributed by atoms with E-state index < -0.39 is 0 Å². The Hall–Kier alpha value is -1.82. The van der Waals surface area contributed by atoms with Crippen molar-refractivity contribution in [2.45, 2.75) is 25.9 Å². The van der Waals surface area contributed by atoms with Crippen LogP contribution in [0.5, 0.6) is 0 Å². The first-order valence-corrected chi connectivity index (χ1v) is 7.52. The summed E-state index contributed by atoms with van der Waals surface area (Å²) in [7, 11) is 0. The first kappa shape index (κ1) is 14.1. The number of hydrogen-bond donors (Lipinski definition) is 1. The summed E-state index contributed by atoms with van der Waals surface area (Å²) in [6.07, 6.45) is 3.45. The van der Waals surface area contributed by atoms with Gasteiger partial charge in [-0.2, -0.15) is 0 Å². The van der Waals surface area contributed by atoms with Gasteiger partial charge in [0.15, 0.2) is 0 Å². The molecule has 2 N–H and O–H groups in total. The zero-order valence-electron chi connectivity index (χ0n) is 12.4. The van der Waals surface area contributed by atoms with Crippen molar-refractivity contribution >= 4 is 17.4 Å². The molecule has 0 aliphatic carbocycles. The minimum Gasteiger partial charge on any atom is -0.383 e. The Bertz CT molecular complexity index is 520. The normalized spacial score (nSPS) is 22.6. The average molecular weight is 290 g/mol. The van der Waals surface area contributed by atoms with Crippen LogP contribution in [0.2, 0.25) is 0 Å². The summed E-state index contributed by atoms with van der Waals surface area (Å²) in [5.74, 6) is 0.727. The van der Waals surface area contributed by atoms with Gasteiger partial charge >= 0.3 is 0 Å². The molecule has 1 unspecified atom stereocenters. The van der Waals surface area contributed by atoms with E-state index in [4.69, 9.17) is 10.5 Å². The van der Waals surface area contributed by atoms with E-state index >= 15 is 0 Å². The number of aromatic nitrogens is 1. The number of nitrogen functional groups attached to an aromatic ring is 1. The Kier molecular flexibility index (Phi) is 3.96. The smallest absolute Gasteiger partial charge is 0.251 e. The predicted molar refractivity (Wildman–Crippen MR) is 81.2 cm³/mol. The van der Waals surface area contributed by atoms with E-state index in [-0.39, 0.29) is 12.0 Å². The third kappa shape index (κ3) is 2.95. The number of rotatable bonds is 2.